The molecule has 1 heterocycles. The number of para-hydroxylation sites is 1. The fourth-order valence-corrected chi connectivity index (χ4v) is 3.91. The van der Waals surface area contributed by atoms with Crippen molar-refractivity contribution in [3.8, 4) is 0 Å². The second kappa shape index (κ2) is 6.45. The number of ether oxygens (including phenoxy) is 1. The van der Waals surface area contributed by atoms with E-state index in [2.05, 4.69) is 5.32 Å². The zero-order valence-electron chi connectivity index (χ0n) is 14.5. The second-order valence-corrected chi connectivity index (χ2v) is 8.66. The van der Waals surface area contributed by atoms with E-state index in [0.717, 1.165) is 0 Å². The Morgan fingerprint density at radius 2 is 1.76 bits per heavy atom. The molecule has 25 heavy (non-hydrogen) atoms. The lowest BCUT2D eigenvalue weighted by atomic mass is 10.1. The third-order valence-corrected chi connectivity index (χ3v) is 5.97. The number of morpholine rings is 1. The van der Waals surface area contributed by atoms with Crippen LogP contribution in [-0.2, 0) is 9.53 Å². The van der Waals surface area contributed by atoms with Crippen LogP contribution in [0.1, 0.15) is 37.6 Å². The van der Waals surface area contributed by atoms with Gasteiger partial charge in [-0.1, -0.05) is 12.1 Å². The van der Waals surface area contributed by atoms with E-state index in [1.807, 2.05) is 13.8 Å². The summed E-state index contributed by atoms with van der Waals surface area (Å²) in [5.74, 6) is -0.400. The highest BCUT2D eigenvalue weighted by Gasteiger charge is 2.67. The summed E-state index contributed by atoms with van der Waals surface area (Å²) in [5, 5.41) is 2.82. The van der Waals surface area contributed by atoms with Gasteiger partial charge in [0.25, 0.3) is 5.91 Å². The zero-order chi connectivity index (χ0) is 18.4. The highest BCUT2D eigenvalue weighted by atomic mass is 35.5. The van der Waals surface area contributed by atoms with Crippen molar-refractivity contribution < 1.29 is 14.3 Å². The molecule has 0 spiro atoms. The van der Waals surface area contributed by atoms with E-state index in [0.29, 0.717) is 30.8 Å². The van der Waals surface area contributed by atoms with Crippen molar-refractivity contribution in [2.75, 3.05) is 18.4 Å². The van der Waals surface area contributed by atoms with Gasteiger partial charge in [-0.2, -0.15) is 0 Å². The number of nitrogens with zero attached hydrogens (tertiary/aromatic N) is 1. The van der Waals surface area contributed by atoms with Crippen molar-refractivity contribution in [2.45, 2.75) is 43.7 Å². The summed E-state index contributed by atoms with van der Waals surface area (Å²) in [6.07, 6.45) is 0.352. The van der Waals surface area contributed by atoms with Crippen molar-refractivity contribution in [3.63, 3.8) is 0 Å². The highest BCUT2D eigenvalue weighted by Crippen LogP contribution is 2.64. The number of amides is 2. The molecule has 0 aromatic heterocycles. The van der Waals surface area contributed by atoms with Crippen LogP contribution in [0.25, 0.3) is 0 Å². The van der Waals surface area contributed by atoms with Crippen LogP contribution in [0.5, 0.6) is 0 Å². The number of hydrogen-bond donors (Lipinski definition) is 1. The van der Waals surface area contributed by atoms with Crippen molar-refractivity contribution in [2.24, 2.45) is 5.41 Å². The molecular formula is C18H22Cl2N2O3. The first kappa shape index (κ1) is 18.5. The zero-order valence-corrected chi connectivity index (χ0v) is 16.0. The van der Waals surface area contributed by atoms with Crippen molar-refractivity contribution >= 4 is 40.7 Å². The molecule has 2 fully saturated rings. The summed E-state index contributed by atoms with van der Waals surface area (Å²) in [7, 11) is 0. The van der Waals surface area contributed by atoms with Gasteiger partial charge in [0.2, 0.25) is 5.91 Å². The van der Waals surface area contributed by atoms with E-state index in [4.69, 9.17) is 27.9 Å². The van der Waals surface area contributed by atoms with E-state index in [1.54, 1.807) is 36.1 Å². The van der Waals surface area contributed by atoms with Gasteiger partial charge in [0.05, 0.1) is 28.9 Å². The minimum absolute atomic E-state index is 0.0204. The Labute approximate surface area is 157 Å². The van der Waals surface area contributed by atoms with Gasteiger partial charge in [-0.05, 0) is 39.3 Å². The Bertz CT molecular complexity index is 699. The maximum absolute atomic E-state index is 13.0. The molecule has 0 bridgehead atoms. The third-order valence-electron chi connectivity index (χ3n) is 4.87. The van der Waals surface area contributed by atoms with Crippen LogP contribution in [-0.4, -0.2) is 46.3 Å². The van der Waals surface area contributed by atoms with Crippen LogP contribution in [0, 0.1) is 5.41 Å². The Morgan fingerprint density at radius 1 is 1.20 bits per heavy atom. The number of carbonyl (C=O) groups is 2. The summed E-state index contributed by atoms with van der Waals surface area (Å²) in [4.78, 5) is 27.3. The molecule has 0 unspecified atom stereocenters. The van der Waals surface area contributed by atoms with E-state index < -0.39 is 9.75 Å². The molecule has 2 aliphatic rings. The number of halogens is 2. The molecule has 7 heteroatoms. The summed E-state index contributed by atoms with van der Waals surface area (Å²) in [5.41, 5.74) is 0.0894. The number of carbonyl (C=O) groups excluding carboxylic acids is 2. The molecule has 3 rings (SSSR count). The molecule has 1 N–H and O–H groups in total. The van der Waals surface area contributed by atoms with Gasteiger partial charge < -0.3 is 15.0 Å². The van der Waals surface area contributed by atoms with E-state index in [1.165, 1.54) is 0 Å². The van der Waals surface area contributed by atoms with Crippen LogP contribution >= 0.6 is 23.2 Å². The number of anilines is 1. The minimum Gasteiger partial charge on any atom is -0.372 e. The summed E-state index contributed by atoms with van der Waals surface area (Å²) in [6.45, 7) is 6.65. The second-order valence-electron chi connectivity index (χ2n) is 7.18. The first-order valence-corrected chi connectivity index (χ1v) is 9.13. The van der Waals surface area contributed by atoms with Gasteiger partial charge in [0.1, 0.15) is 4.33 Å². The fraction of sp³-hybridized carbons (Fsp3) is 0.556. The van der Waals surface area contributed by atoms with Crippen LogP contribution < -0.4 is 5.32 Å². The SMILES string of the molecule is C[C@@H]1CN(C(=O)c2ccccc2NC(=O)[C@]2(C)CC2(Cl)Cl)C[C@H](C)O1. The topological polar surface area (TPSA) is 58.6 Å². The van der Waals surface area contributed by atoms with Gasteiger partial charge in [-0.15, -0.1) is 23.2 Å². The molecule has 1 aliphatic heterocycles. The Morgan fingerprint density at radius 3 is 2.32 bits per heavy atom. The minimum atomic E-state index is -1.05. The first-order chi connectivity index (χ1) is 11.6. The molecule has 1 aromatic rings. The Kier molecular flexibility index (Phi) is 4.77. The maximum atomic E-state index is 13.0. The number of nitrogens with one attached hydrogen (secondary N) is 1. The van der Waals surface area contributed by atoms with Crippen molar-refractivity contribution in [1.29, 1.82) is 0 Å². The van der Waals surface area contributed by atoms with Gasteiger partial charge in [-0.3, -0.25) is 9.59 Å². The van der Waals surface area contributed by atoms with Gasteiger partial charge >= 0.3 is 0 Å². The molecule has 3 atom stereocenters. The molecule has 1 aliphatic carbocycles. The summed E-state index contributed by atoms with van der Waals surface area (Å²) >= 11 is 12.2. The summed E-state index contributed by atoms with van der Waals surface area (Å²) < 4.78 is 4.63. The summed E-state index contributed by atoms with van der Waals surface area (Å²) in [6, 6.07) is 6.99. The Hall–Kier alpha value is -1.30. The van der Waals surface area contributed by atoms with E-state index >= 15 is 0 Å². The molecule has 5 nitrogen and oxygen atoms in total. The first-order valence-electron chi connectivity index (χ1n) is 8.37. The molecule has 1 saturated carbocycles. The molecule has 136 valence electrons. The molecule has 0 radical (unpaired) electrons. The van der Waals surface area contributed by atoms with Crippen LogP contribution in [0.3, 0.4) is 0 Å². The number of hydrogen-bond acceptors (Lipinski definition) is 3. The average Bonchev–Trinajstić information content (AvgIpc) is 3.06. The molecule has 1 aromatic carbocycles. The van der Waals surface area contributed by atoms with Gasteiger partial charge in [0.15, 0.2) is 0 Å². The molecule has 1 saturated heterocycles. The lowest BCUT2D eigenvalue weighted by Gasteiger charge is -2.35. The fourth-order valence-electron chi connectivity index (χ4n) is 3.20. The van der Waals surface area contributed by atoms with Crippen LogP contribution in [0.2, 0.25) is 0 Å². The van der Waals surface area contributed by atoms with E-state index in [9.17, 15) is 9.59 Å². The standard InChI is InChI=1S/C18H22Cl2N2O3/c1-11-8-22(9-12(2)25-11)15(23)13-6-4-5-7-14(13)21-16(24)17(3)10-18(17,19)20/h4-7,11-12H,8-10H2,1-3H3,(H,21,24)/t11-,12+,17-/m0/s1. The maximum Gasteiger partial charge on any atom is 0.256 e. The largest absolute Gasteiger partial charge is 0.372 e. The van der Waals surface area contributed by atoms with Crippen molar-refractivity contribution in [3.05, 3.63) is 29.8 Å². The van der Waals surface area contributed by atoms with E-state index in [-0.39, 0.29) is 24.0 Å². The lowest BCUT2D eigenvalue weighted by Crippen LogP contribution is -2.48. The highest BCUT2D eigenvalue weighted by molar-refractivity contribution is 6.53. The Balaban J connectivity index is 1.79. The predicted molar refractivity (Wildman–Crippen MR) is 98.1 cm³/mol. The monoisotopic (exact) mass is 384 g/mol. The molecule has 2 amide bonds. The van der Waals surface area contributed by atoms with Gasteiger partial charge in [0, 0.05) is 13.1 Å². The number of benzene rings is 1. The molecular weight excluding hydrogens is 363 g/mol. The van der Waals surface area contributed by atoms with Crippen LogP contribution in [0.15, 0.2) is 24.3 Å². The van der Waals surface area contributed by atoms with Gasteiger partial charge in [-0.25, -0.2) is 0 Å². The third kappa shape index (κ3) is 3.50. The normalized spacial score (nSPS) is 30.7. The number of rotatable bonds is 3. The number of alkyl halides is 2. The smallest absolute Gasteiger partial charge is 0.256 e. The predicted octanol–water partition coefficient (Wildman–Crippen LogP) is 3.46. The quantitative estimate of drug-likeness (QED) is 0.811. The average molecular weight is 385 g/mol. The van der Waals surface area contributed by atoms with Crippen molar-refractivity contribution in [1.82, 2.24) is 4.90 Å². The lowest BCUT2D eigenvalue weighted by molar-refractivity contribution is -0.120. The van der Waals surface area contributed by atoms with Crippen LogP contribution in [0.4, 0.5) is 5.69 Å².